The number of fused-ring (bicyclic) bond motifs is 1. The summed E-state index contributed by atoms with van der Waals surface area (Å²) in [5, 5.41) is 24.8. The number of benzene rings is 1. The van der Waals surface area contributed by atoms with Gasteiger partial charge in [-0.25, -0.2) is 0 Å². The van der Waals surface area contributed by atoms with Crippen molar-refractivity contribution in [1.82, 2.24) is 10.2 Å². The number of hydrogen-bond acceptors (Lipinski definition) is 8. The zero-order valence-electron chi connectivity index (χ0n) is 23.8. The van der Waals surface area contributed by atoms with Crippen molar-refractivity contribution >= 4 is 11.9 Å². The predicted octanol–water partition coefficient (Wildman–Crippen LogP) is 2.42. The standard InChI is InChI=1S/C29H46N2O7/c1-18(2)30-20(13-14-22(33)36-16-19-11-9-8-10-12-19)27(35)31-17-29(6,7)26-23(31)24(34)25(21(15-32)37-26)38-28(3,4)5/h8-12,18,20-21,23-26,30,32,34H,13-17H2,1-7H3. The van der Waals surface area contributed by atoms with Gasteiger partial charge in [-0.1, -0.05) is 58.0 Å². The number of carbonyl (C=O) groups is 2. The fourth-order valence-corrected chi connectivity index (χ4v) is 5.45. The van der Waals surface area contributed by atoms with Gasteiger partial charge in [0.05, 0.1) is 30.4 Å². The number of aliphatic hydroxyl groups is 2. The lowest BCUT2D eigenvalue weighted by molar-refractivity contribution is -0.246. The number of likely N-dealkylation sites (tertiary alicyclic amines) is 1. The summed E-state index contributed by atoms with van der Waals surface area (Å²) in [6.45, 7) is 13.8. The molecule has 2 heterocycles. The minimum absolute atomic E-state index is 0.000953. The molecular formula is C29H46N2O7. The molecule has 2 aliphatic rings. The molecule has 6 atom stereocenters. The smallest absolute Gasteiger partial charge is 0.306 e. The summed E-state index contributed by atoms with van der Waals surface area (Å²) in [6.07, 6.45) is -2.69. The minimum atomic E-state index is -1.05. The molecule has 2 fully saturated rings. The average molecular weight is 535 g/mol. The molecule has 0 radical (unpaired) electrons. The molecule has 1 aromatic carbocycles. The van der Waals surface area contributed by atoms with Gasteiger partial charge in [0.2, 0.25) is 5.91 Å². The average Bonchev–Trinajstić information content (AvgIpc) is 3.11. The number of nitrogens with zero attached hydrogens (tertiary/aromatic N) is 1. The van der Waals surface area contributed by atoms with E-state index in [0.717, 1.165) is 5.56 Å². The van der Waals surface area contributed by atoms with E-state index in [0.29, 0.717) is 6.54 Å². The molecule has 9 heteroatoms. The molecule has 2 saturated heterocycles. The highest BCUT2D eigenvalue weighted by atomic mass is 16.6. The first-order valence-electron chi connectivity index (χ1n) is 13.6. The fraction of sp³-hybridized carbons (Fsp3) is 0.724. The van der Waals surface area contributed by atoms with E-state index in [4.69, 9.17) is 14.2 Å². The number of esters is 1. The van der Waals surface area contributed by atoms with Crippen LogP contribution in [0.15, 0.2) is 30.3 Å². The van der Waals surface area contributed by atoms with Crippen LogP contribution in [0.25, 0.3) is 0 Å². The lowest BCUT2D eigenvalue weighted by Gasteiger charge is -2.47. The topological polar surface area (TPSA) is 118 Å². The molecule has 0 aromatic heterocycles. The molecule has 214 valence electrons. The number of ether oxygens (including phenoxy) is 3. The van der Waals surface area contributed by atoms with Crippen molar-refractivity contribution < 1.29 is 34.0 Å². The first-order valence-corrected chi connectivity index (χ1v) is 13.6. The first kappa shape index (κ1) is 30.5. The Bertz CT molecular complexity index is 931. The van der Waals surface area contributed by atoms with Crippen molar-refractivity contribution in [2.75, 3.05) is 13.2 Å². The third-order valence-corrected chi connectivity index (χ3v) is 7.06. The highest BCUT2D eigenvalue weighted by Crippen LogP contribution is 2.44. The molecule has 9 nitrogen and oxygen atoms in total. The van der Waals surface area contributed by atoms with E-state index in [9.17, 15) is 19.8 Å². The number of carbonyl (C=O) groups excluding carboxylic acids is 2. The van der Waals surface area contributed by atoms with Crippen LogP contribution in [0.3, 0.4) is 0 Å². The summed E-state index contributed by atoms with van der Waals surface area (Å²) < 4.78 is 17.8. The number of nitrogens with one attached hydrogen (secondary N) is 1. The molecule has 1 aromatic rings. The van der Waals surface area contributed by atoms with Crippen LogP contribution in [0, 0.1) is 5.41 Å². The number of aliphatic hydroxyl groups excluding tert-OH is 2. The lowest BCUT2D eigenvalue weighted by Crippen LogP contribution is -2.65. The lowest BCUT2D eigenvalue weighted by atomic mass is 9.81. The zero-order valence-corrected chi connectivity index (χ0v) is 23.8. The first-order chi connectivity index (χ1) is 17.7. The Labute approximate surface area is 226 Å². The van der Waals surface area contributed by atoms with E-state index in [1.807, 2.05) is 78.8 Å². The normalized spacial score (nSPS) is 27.7. The van der Waals surface area contributed by atoms with Crippen molar-refractivity contribution in [2.45, 2.75) is 116 Å². The molecule has 0 saturated carbocycles. The van der Waals surface area contributed by atoms with Gasteiger partial charge in [0.25, 0.3) is 0 Å². The van der Waals surface area contributed by atoms with Crippen LogP contribution in [0.5, 0.6) is 0 Å². The van der Waals surface area contributed by atoms with Gasteiger partial charge in [-0.15, -0.1) is 0 Å². The Morgan fingerprint density at radius 3 is 2.45 bits per heavy atom. The van der Waals surface area contributed by atoms with Gasteiger partial charge >= 0.3 is 5.97 Å². The molecule has 0 aliphatic carbocycles. The summed E-state index contributed by atoms with van der Waals surface area (Å²) in [4.78, 5) is 28.1. The molecule has 2 aliphatic heterocycles. The van der Waals surface area contributed by atoms with Crippen molar-refractivity contribution in [3.63, 3.8) is 0 Å². The third kappa shape index (κ3) is 7.54. The Balaban J connectivity index is 1.75. The van der Waals surface area contributed by atoms with E-state index in [2.05, 4.69) is 5.32 Å². The molecule has 38 heavy (non-hydrogen) atoms. The van der Waals surface area contributed by atoms with E-state index in [1.54, 1.807) is 4.90 Å². The monoisotopic (exact) mass is 534 g/mol. The summed E-state index contributed by atoms with van der Waals surface area (Å²) in [5.74, 6) is -0.572. The Kier molecular flexibility index (Phi) is 9.97. The highest BCUT2D eigenvalue weighted by Gasteiger charge is 2.59. The number of rotatable bonds is 10. The van der Waals surface area contributed by atoms with Crippen LogP contribution in [-0.4, -0.2) is 88.3 Å². The molecule has 0 spiro atoms. The molecule has 1 amide bonds. The summed E-state index contributed by atoms with van der Waals surface area (Å²) in [7, 11) is 0. The van der Waals surface area contributed by atoms with Gasteiger partial charge in [-0.05, 0) is 32.8 Å². The maximum Gasteiger partial charge on any atom is 0.306 e. The second kappa shape index (κ2) is 12.4. The van der Waals surface area contributed by atoms with E-state index < -0.39 is 47.5 Å². The second-order valence-electron chi connectivity index (χ2n) is 12.5. The van der Waals surface area contributed by atoms with Gasteiger partial charge in [-0.3, -0.25) is 9.59 Å². The molecule has 0 bridgehead atoms. The molecular weight excluding hydrogens is 488 g/mol. The van der Waals surface area contributed by atoms with Crippen LogP contribution in [0.4, 0.5) is 0 Å². The molecule has 3 rings (SSSR count). The number of hydrogen-bond donors (Lipinski definition) is 3. The van der Waals surface area contributed by atoms with Crippen molar-refractivity contribution in [1.29, 1.82) is 0 Å². The van der Waals surface area contributed by atoms with Gasteiger partial charge in [0, 0.05) is 24.4 Å². The van der Waals surface area contributed by atoms with Crippen LogP contribution in [0.1, 0.15) is 66.9 Å². The summed E-state index contributed by atoms with van der Waals surface area (Å²) >= 11 is 0. The largest absolute Gasteiger partial charge is 0.461 e. The van der Waals surface area contributed by atoms with E-state index in [-0.39, 0.29) is 44.0 Å². The van der Waals surface area contributed by atoms with Gasteiger partial charge in [0.1, 0.15) is 24.9 Å². The fourth-order valence-electron chi connectivity index (χ4n) is 5.45. The summed E-state index contributed by atoms with van der Waals surface area (Å²) in [5.41, 5.74) is -0.142. The van der Waals surface area contributed by atoms with Crippen LogP contribution in [-0.2, 0) is 30.4 Å². The Morgan fingerprint density at radius 2 is 1.87 bits per heavy atom. The maximum absolute atomic E-state index is 14.0. The van der Waals surface area contributed by atoms with Crippen molar-refractivity contribution in [3.05, 3.63) is 35.9 Å². The van der Waals surface area contributed by atoms with Crippen molar-refractivity contribution in [3.8, 4) is 0 Å². The van der Waals surface area contributed by atoms with Crippen LogP contribution in [0.2, 0.25) is 0 Å². The Morgan fingerprint density at radius 1 is 1.21 bits per heavy atom. The minimum Gasteiger partial charge on any atom is -0.461 e. The predicted molar refractivity (Wildman–Crippen MR) is 143 cm³/mol. The SMILES string of the molecule is CC(C)NC(CCC(=O)OCc1ccccc1)C(=O)N1CC(C)(C)C2OC(CO)C(OC(C)(C)C)C(O)C21. The molecule has 3 N–H and O–H groups in total. The van der Waals surface area contributed by atoms with E-state index >= 15 is 0 Å². The maximum atomic E-state index is 14.0. The van der Waals surface area contributed by atoms with Gasteiger partial charge in [-0.2, -0.15) is 0 Å². The van der Waals surface area contributed by atoms with Crippen molar-refractivity contribution in [2.24, 2.45) is 5.41 Å². The van der Waals surface area contributed by atoms with Gasteiger partial charge < -0.3 is 34.6 Å². The summed E-state index contributed by atoms with van der Waals surface area (Å²) in [6, 6.07) is 8.17. The van der Waals surface area contributed by atoms with E-state index in [1.165, 1.54) is 0 Å². The van der Waals surface area contributed by atoms with Crippen LogP contribution >= 0.6 is 0 Å². The third-order valence-electron chi connectivity index (χ3n) is 7.06. The van der Waals surface area contributed by atoms with Crippen LogP contribution < -0.4 is 5.32 Å². The Hall–Kier alpha value is -2.04. The number of amides is 1. The molecule has 6 unspecified atom stereocenters. The second-order valence-corrected chi connectivity index (χ2v) is 12.5. The quantitative estimate of drug-likeness (QED) is 0.392. The highest BCUT2D eigenvalue weighted by molar-refractivity contribution is 5.83. The zero-order chi connectivity index (χ0) is 28.3. The van der Waals surface area contributed by atoms with Gasteiger partial charge in [0.15, 0.2) is 0 Å².